The molecule has 0 unspecified atom stereocenters. The van der Waals surface area contributed by atoms with Crippen molar-refractivity contribution in [1.82, 2.24) is 24.9 Å². The lowest BCUT2D eigenvalue weighted by Crippen LogP contribution is -2.39. The second-order valence-electron chi connectivity index (χ2n) is 6.21. The largest absolute Gasteiger partial charge is 0.356 e. The maximum Gasteiger partial charge on any atom is 0.228 e. The fourth-order valence-electron chi connectivity index (χ4n) is 2.72. The molecular weight excluding hydrogens is 364 g/mol. The van der Waals surface area contributed by atoms with Crippen LogP contribution in [0.25, 0.3) is 11.4 Å². The summed E-state index contributed by atoms with van der Waals surface area (Å²) in [5, 5.41) is 8.03. The van der Waals surface area contributed by atoms with Gasteiger partial charge in [0.25, 0.3) is 0 Å². The van der Waals surface area contributed by atoms with E-state index in [1.54, 1.807) is 19.2 Å². The molecule has 8 heteroatoms. The summed E-state index contributed by atoms with van der Waals surface area (Å²) in [7, 11) is 5.82. The Morgan fingerprint density at radius 3 is 2.74 bits per heavy atom. The molecule has 7 nitrogen and oxygen atoms in total. The van der Waals surface area contributed by atoms with Gasteiger partial charge in [-0.1, -0.05) is 16.8 Å². The standard InChI is InChI=1S/C19H23ClN6O/c1-21-19(26(3)13-16-5-4-12-25(16)2)22-11-10-17-23-18(24-27-17)14-6-8-15(20)9-7-14/h4-9,12H,10-11,13H2,1-3H3,(H,21,22). The van der Waals surface area contributed by atoms with E-state index in [2.05, 4.69) is 36.0 Å². The number of rotatable bonds is 6. The van der Waals surface area contributed by atoms with E-state index in [1.807, 2.05) is 38.5 Å². The Labute approximate surface area is 163 Å². The molecule has 2 aromatic heterocycles. The van der Waals surface area contributed by atoms with E-state index in [9.17, 15) is 0 Å². The van der Waals surface area contributed by atoms with Crippen LogP contribution >= 0.6 is 11.6 Å². The minimum atomic E-state index is 0.562. The number of aromatic nitrogens is 3. The molecule has 0 fully saturated rings. The van der Waals surface area contributed by atoms with Gasteiger partial charge in [-0.3, -0.25) is 4.99 Å². The summed E-state index contributed by atoms with van der Waals surface area (Å²) >= 11 is 5.91. The Balaban J connectivity index is 1.52. The van der Waals surface area contributed by atoms with Crippen LogP contribution in [0.3, 0.4) is 0 Å². The van der Waals surface area contributed by atoms with Crippen LogP contribution in [-0.4, -0.2) is 46.2 Å². The average Bonchev–Trinajstić information content (AvgIpc) is 3.29. The van der Waals surface area contributed by atoms with Gasteiger partial charge in [0.2, 0.25) is 11.7 Å². The first-order valence-electron chi connectivity index (χ1n) is 8.67. The molecule has 0 aliphatic rings. The minimum Gasteiger partial charge on any atom is -0.356 e. The molecule has 0 bridgehead atoms. The highest BCUT2D eigenvalue weighted by atomic mass is 35.5. The Bertz CT molecular complexity index is 899. The maximum absolute atomic E-state index is 5.91. The number of nitrogens with zero attached hydrogens (tertiary/aromatic N) is 5. The first-order valence-corrected chi connectivity index (χ1v) is 9.05. The molecule has 2 heterocycles. The van der Waals surface area contributed by atoms with Gasteiger partial charge < -0.3 is 19.3 Å². The summed E-state index contributed by atoms with van der Waals surface area (Å²) in [4.78, 5) is 10.8. The number of halogens is 1. The number of aliphatic imine (C=N–C) groups is 1. The third kappa shape index (κ3) is 4.89. The average molecular weight is 387 g/mol. The topological polar surface area (TPSA) is 71.5 Å². The van der Waals surface area contributed by atoms with Crippen LogP contribution in [-0.2, 0) is 20.0 Å². The molecule has 0 aliphatic carbocycles. The van der Waals surface area contributed by atoms with Crippen molar-refractivity contribution in [3.63, 3.8) is 0 Å². The monoisotopic (exact) mass is 386 g/mol. The van der Waals surface area contributed by atoms with Crippen molar-refractivity contribution in [2.24, 2.45) is 12.0 Å². The predicted octanol–water partition coefficient (Wildman–Crippen LogP) is 2.98. The Morgan fingerprint density at radius 1 is 1.30 bits per heavy atom. The van der Waals surface area contributed by atoms with Crippen molar-refractivity contribution in [3.8, 4) is 11.4 Å². The zero-order valence-electron chi connectivity index (χ0n) is 15.7. The number of guanidine groups is 1. The van der Waals surface area contributed by atoms with E-state index >= 15 is 0 Å². The molecule has 0 saturated heterocycles. The highest BCUT2D eigenvalue weighted by Gasteiger charge is 2.11. The summed E-state index contributed by atoms with van der Waals surface area (Å²) in [5.74, 6) is 1.95. The molecule has 1 N–H and O–H groups in total. The number of hydrogen-bond donors (Lipinski definition) is 1. The predicted molar refractivity (Wildman–Crippen MR) is 107 cm³/mol. The molecule has 0 aliphatic heterocycles. The van der Waals surface area contributed by atoms with E-state index in [0.717, 1.165) is 18.1 Å². The third-order valence-electron chi connectivity index (χ3n) is 4.22. The lowest BCUT2D eigenvalue weighted by molar-refractivity contribution is 0.377. The summed E-state index contributed by atoms with van der Waals surface area (Å²) in [5.41, 5.74) is 2.09. The van der Waals surface area contributed by atoms with Gasteiger partial charge in [-0.05, 0) is 36.4 Å². The molecule has 0 radical (unpaired) electrons. The summed E-state index contributed by atoms with van der Waals surface area (Å²) in [6.45, 7) is 1.41. The van der Waals surface area contributed by atoms with Gasteiger partial charge in [0.05, 0.1) is 6.54 Å². The molecule has 0 atom stereocenters. The molecule has 0 amide bonds. The molecule has 27 heavy (non-hydrogen) atoms. The highest BCUT2D eigenvalue weighted by molar-refractivity contribution is 6.30. The molecular formula is C19H23ClN6O. The van der Waals surface area contributed by atoms with Crippen LogP contribution in [0.15, 0.2) is 52.1 Å². The summed E-state index contributed by atoms with van der Waals surface area (Å²) in [6, 6.07) is 11.5. The van der Waals surface area contributed by atoms with E-state index in [0.29, 0.717) is 29.7 Å². The zero-order valence-corrected chi connectivity index (χ0v) is 16.4. The van der Waals surface area contributed by atoms with Gasteiger partial charge in [0, 0.05) is 56.6 Å². The van der Waals surface area contributed by atoms with Gasteiger partial charge in [0.15, 0.2) is 5.96 Å². The van der Waals surface area contributed by atoms with Gasteiger partial charge in [-0.2, -0.15) is 4.98 Å². The summed E-state index contributed by atoms with van der Waals surface area (Å²) in [6.07, 6.45) is 2.64. The van der Waals surface area contributed by atoms with Crippen LogP contribution in [0.2, 0.25) is 5.02 Å². The molecule has 1 aromatic carbocycles. The number of hydrogen-bond acceptors (Lipinski definition) is 4. The van der Waals surface area contributed by atoms with Crippen LogP contribution in [0.4, 0.5) is 0 Å². The van der Waals surface area contributed by atoms with Crippen molar-refractivity contribution in [2.45, 2.75) is 13.0 Å². The smallest absolute Gasteiger partial charge is 0.228 e. The maximum atomic E-state index is 5.91. The second-order valence-corrected chi connectivity index (χ2v) is 6.65. The SMILES string of the molecule is CN=C(NCCc1nc(-c2ccc(Cl)cc2)no1)N(C)Cc1cccn1C. The summed E-state index contributed by atoms with van der Waals surface area (Å²) < 4.78 is 7.43. The number of aryl methyl sites for hydroxylation is 1. The highest BCUT2D eigenvalue weighted by Crippen LogP contribution is 2.18. The minimum absolute atomic E-state index is 0.562. The zero-order chi connectivity index (χ0) is 19.2. The molecule has 0 spiro atoms. The molecule has 142 valence electrons. The van der Waals surface area contributed by atoms with E-state index < -0.39 is 0 Å². The molecule has 3 aromatic rings. The first kappa shape index (κ1) is 19.0. The van der Waals surface area contributed by atoms with Gasteiger partial charge >= 0.3 is 0 Å². The third-order valence-corrected chi connectivity index (χ3v) is 4.47. The van der Waals surface area contributed by atoms with E-state index in [1.165, 1.54) is 5.69 Å². The van der Waals surface area contributed by atoms with Crippen molar-refractivity contribution in [3.05, 3.63) is 59.2 Å². The first-order chi connectivity index (χ1) is 13.1. The van der Waals surface area contributed by atoms with E-state index in [-0.39, 0.29) is 0 Å². The van der Waals surface area contributed by atoms with Gasteiger partial charge in [-0.25, -0.2) is 0 Å². The lowest BCUT2D eigenvalue weighted by atomic mass is 10.2. The molecule has 3 rings (SSSR count). The normalized spacial score (nSPS) is 11.6. The second kappa shape index (κ2) is 8.73. The van der Waals surface area contributed by atoms with Gasteiger partial charge in [-0.15, -0.1) is 0 Å². The Hall–Kier alpha value is -2.80. The van der Waals surface area contributed by atoms with Crippen molar-refractivity contribution < 1.29 is 4.52 Å². The fourth-order valence-corrected chi connectivity index (χ4v) is 2.84. The van der Waals surface area contributed by atoms with Crippen molar-refractivity contribution in [2.75, 3.05) is 20.6 Å². The quantitative estimate of drug-likeness (QED) is 0.521. The number of benzene rings is 1. The van der Waals surface area contributed by atoms with E-state index in [4.69, 9.17) is 16.1 Å². The Kier molecular flexibility index (Phi) is 6.13. The van der Waals surface area contributed by atoms with Gasteiger partial charge in [0.1, 0.15) is 0 Å². The van der Waals surface area contributed by atoms with Crippen LogP contribution < -0.4 is 5.32 Å². The van der Waals surface area contributed by atoms with Crippen molar-refractivity contribution >= 4 is 17.6 Å². The number of nitrogens with one attached hydrogen (secondary N) is 1. The lowest BCUT2D eigenvalue weighted by Gasteiger charge is -2.22. The van der Waals surface area contributed by atoms with Crippen LogP contribution in [0.1, 0.15) is 11.6 Å². The molecule has 0 saturated carbocycles. The van der Waals surface area contributed by atoms with Crippen molar-refractivity contribution in [1.29, 1.82) is 0 Å². The fraction of sp³-hybridized carbons (Fsp3) is 0.316. The van der Waals surface area contributed by atoms with Crippen LogP contribution in [0, 0.1) is 0 Å². The Morgan fingerprint density at radius 2 is 2.07 bits per heavy atom. The van der Waals surface area contributed by atoms with Crippen LogP contribution in [0.5, 0.6) is 0 Å².